The van der Waals surface area contributed by atoms with Gasteiger partial charge in [0.1, 0.15) is 0 Å². The number of carboxylic acid groups (broad SMARTS) is 2. The van der Waals surface area contributed by atoms with Gasteiger partial charge in [-0.1, -0.05) is 0 Å². The molecule has 1 aromatic rings. The quantitative estimate of drug-likeness (QED) is 0.515. The number of piperidine rings is 1. The monoisotopic (exact) mass is 579 g/mol. The van der Waals surface area contributed by atoms with Crippen molar-refractivity contribution in [1.29, 1.82) is 0 Å². The number of hydrogen-bond acceptors (Lipinski definition) is 7. The maximum absolute atomic E-state index is 12.5. The highest BCUT2D eigenvalue weighted by Crippen LogP contribution is 2.34. The maximum Gasteiger partial charge on any atom is 0.490 e. The van der Waals surface area contributed by atoms with Crippen LogP contribution in [0, 0.1) is 5.92 Å². The van der Waals surface area contributed by atoms with E-state index in [0.29, 0.717) is 25.6 Å². The molecule has 0 unspecified atom stereocenters. The summed E-state index contributed by atoms with van der Waals surface area (Å²) in [6, 6.07) is 4.10. The molecule has 1 aliphatic carbocycles. The van der Waals surface area contributed by atoms with Crippen molar-refractivity contribution in [3.05, 3.63) is 30.1 Å². The maximum atomic E-state index is 12.5. The van der Waals surface area contributed by atoms with Gasteiger partial charge < -0.3 is 14.9 Å². The van der Waals surface area contributed by atoms with Crippen LogP contribution in [-0.2, 0) is 30.9 Å². The molecule has 10 nitrogen and oxygen atoms in total. The van der Waals surface area contributed by atoms with Crippen LogP contribution in [0.3, 0.4) is 0 Å². The fraction of sp³-hybridized carbons (Fsp3) is 0.667. The van der Waals surface area contributed by atoms with Gasteiger partial charge in [0.2, 0.25) is 10.0 Å². The molecule has 1 saturated carbocycles. The first-order chi connectivity index (χ1) is 17.5. The van der Waals surface area contributed by atoms with Crippen LogP contribution >= 0.6 is 0 Å². The van der Waals surface area contributed by atoms with E-state index >= 15 is 0 Å². The lowest BCUT2D eigenvalue weighted by Gasteiger charge is -2.37. The summed E-state index contributed by atoms with van der Waals surface area (Å²) in [5.41, 5.74) is 1.26. The molecule has 17 heteroatoms. The summed E-state index contributed by atoms with van der Waals surface area (Å²) in [6.07, 6.45) is -3.93. The van der Waals surface area contributed by atoms with E-state index in [-0.39, 0.29) is 11.4 Å². The van der Waals surface area contributed by atoms with Crippen LogP contribution in [0.4, 0.5) is 26.3 Å². The number of aliphatic carboxylic acids is 2. The second-order valence-electron chi connectivity index (χ2n) is 8.76. The second kappa shape index (κ2) is 13.0. The van der Waals surface area contributed by atoms with Crippen molar-refractivity contribution in [3.8, 4) is 0 Å². The summed E-state index contributed by atoms with van der Waals surface area (Å²) in [7, 11) is -3.08. The number of sulfonamides is 1. The molecule has 3 heterocycles. The van der Waals surface area contributed by atoms with Gasteiger partial charge in [-0.2, -0.15) is 30.6 Å². The summed E-state index contributed by atoms with van der Waals surface area (Å²) in [5.74, 6) is -5.10. The van der Waals surface area contributed by atoms with Crippen LogP contribution in [0.5, 0.6) is 0 Å². The topological polar surface area (TPSA) is 137 Å². The van der Waals surface area contributed by atoms with Crippen LogP contribution in [-0.4, -0.2) is 101 Å². The molecule has 0 aromatic carbocycles. The largest absolute Gasteiger partial charge is 0.490 e. The number of fused-ring (bicyclic) bond motifs is 1. The second-order valence-corrected chi connectivity index (χ2v) is 11.0. The molecule has 2 N–H and O–H groups in total. The van der Waals surface area contributed by atoms with Gasteiger partial charge in [0.15, 0.2) is 0 Å². The fourth-order valence-corrected chi connectivity index (χ4v) is 5.66. The summed E-state index contributed by atoms with van der Waals surface area (Å²) >= 11 is 0. The highest BCUT2D eigenvalue weighted by Gasteiger charge is 2.44. The molecular weight excluding hydrogens is 552 g/mol. The number of rotatable bonds is 4. The van der Waals surface area contributed by atoms with Crippen LogP contribution in [0.25, 0.3) is 0 Å². The third-order valence-electron chi connectivity index (χ3n) is 5.84. The normalized spacial score (nSPS) is 23.0. The standard InChI is InChI=1S/C17H25N3O3S.2C2HF3O2/c21-24(22,16-1-2-16)20-8-5-15-12-19(9-10-23-17(15)13-20)11-14-3-6-18-7-4-14;2*3-2(4,5)1(6)7/h3-4,6-7,15-17H,1-2,5,8-13H2;2*(H,6,7)/t15-,17-;;/m1../s1. The fourth-order valence-electron chi connectivity index (χ4n) is 3.79. The van der Waals surface area contributed by atoms with Crippen LogP contribution in [0.1, 0.15) is 24.8 Å². The Morgan fingerprint density at radius 1 is 0.947 bits per heavy atom. The van der Waals surface area contributed by atoms with E-state index < -0.39 is 34.3 Å². The summed E-state index contributed by atoms with van der Waals surface area (Å²) in [5, 5.41) is 14.1. The minimum absolute atomic E-state index is 0.0368. The van der Waals surface area contributed by atoms with Gasteiger partial charge in [0, 0.05) is 51.0 Å². The molecule has 3 fully saturated rings. The minimum atomic E-state index is -5.08. The predicted molar refractivity (Wildman–Crippen MR) is 118 cm³/mol. The molecule has 0 radical (unpaired) electrons. The van der Waals surface area contributed by atoms with Crippen molar-refractivity contribution in [2.24, 2.45) is 5.92 Å². The zero-order chi connectivity index (χ0) is 28.7. The van der Waals surface area contributed by atoms with E-state index in [4.69, 9.17) is 24.5 Å². The van der Waals surface area contributed by atoms with Gasteiger partial charge >= 0.3 is 24.3 Å². The highest BCUT2D eigenvalue weighted by molar-refractivity contribution is 7.90. The zero-order valence-corrected chi connectivity index (χ0v) is 20.7. The predicted octanol–water partition coefficient (Wildman–Crippen LogP) is 2.36. The molecule has 0 bridgehead atoms. The number of hydrogen-bond donors (Lipinski definition) is 2. The molecule has 2 aliphatic heterocycles. The molecule has 216 valence electrons. The number of alkyl halides is 6. The zero-order valence-electron chi connectivity index (χ0n) is 19.9. The molecule has 3 aliphatic rings. The van der Waals surface area contributed by atoms with Crippen LogP contribution < -0.4 is 0 Å². The SMILES string of the molecule is O=C(O)C(F)(F)F.O=C(O)C(F)(F)F.O=S(=O)(C1CC1)N1CC[C@@H]2CN(Cc3ccncc3)CCO[C@@H]2C1. The molecule has 0 amide bonds. The van der Waals surface area contributed by atoms with Gasteiger partial charge in [-0.3, -0.25) is 9.88 Å². The van der Waals surface area contributed by atoms with Crippen molar-refractivity contribution in [2.75, 3.05) is 32.8 Å². The number of ether oxygens (including phenoxy) is 1. The van der Waals surface area contributed by atoms with E-state index in [1.807, 2.05) is 24.5 Å². The molecular formula is C21H27F6N3O7S. The number of pyridine rings is 1. The van der Waals surface area contributed by atoms with E-state index in [0.717, 1.165) is 38.9 Å². The molecule has 0 spiro atoms. The Balaban J connectivity index is 0.000000301. The minimum Gasteiger partial charge on any atom is -0.475 e. The first kappa shape index (κ1) is 31.7. The van der Waals surface area contributed by atoms with Crippen molar-refractivity contribution >= 4 is 22.0 Å². The van der Waals surface area contributed by atoms with Gasteiger partial charge in [-0.05, 0) is 37.0 Å². The lowest BCUT2D eigenvalue weighted by Crippen LogP contribution is -2.49. The van der Waals surface area contributed by atoms with Gasteiger partial charge in [-0.25, -0.2) is 18.0 Å². The lowest BCUT2D eigenvalue weighted by molar-refractivity contribution is -0.193. The van der Waals surface area contributed by atoms with Gasteiger partial charge in [-0.15, -0.1) is 0 Å². The Kier molecular flexibility index (Phi) is 10.9. The molecule has 2 saturated heterocycles. The number of halogens is 6. The van der Waals surface area contributed by atoms with Crippen LogP contribution in [0.2, 0.25) is 0 Å². The van der Waals surface area contributed by atoms with Crippen molar-refractivity contribution in [3.63, 3.8) is 0 Å². The van der Waals surface area contributed by atoms with E-state index in [9.17, 15) is 34.8 Å². The average Bonchev–Trinajstić information content (AvgIpc) is 3.67. The van der Waals surface area contributed by atoms with Gasteiger partial charge in [0.05, 0.1) is 18.0 Å². The highest BCUT2D eigenvalue weighted by atomic mass is 32.2. The smallest absolute Gasteiger partial charge is 0.475 e. The Labute approximate surface area is 214 Å². The average molecular weight is 580 g/mol. The van der Waals surface area contributed by atoms with Crippen LogP contribution in [0.15, 0.2) is 24.5 Å². The summed E-state index contributed by atoms with van der Waals surface area (Å²) in [4.78, 5) is 24.3. The molecule has 38 heavy (non-hydrogen) atoms. The lowest BCUT2D eigenvalue weighted by atomic mass is 9.94. The first-order valence-electron chi connectivity index (χ1n) is 11.3. The third kappa shape index (κ3) is 9.99. The van der Waals surface area contributed by atoms with E-state index in [1.54, 1.807) is 4.31 Å². The Hall–Kier alpha value is -2.50. The number of carbonyl (C=O) groups is 2. The van der Waals surface area contributed by atoms with Crippen molar-refractivity contribution in [1.82, 2.24) is 14.2 Å². The number of nitrogens with zero attached hydrogens (tertiary/aromatic N) is 3. The Morgan fingerprint density at radius 3 is 1.95 bits per heavy atom. The van der Waals surface area contributed by atoms with Crippen molar-refractivity contribution in [2.45, 2.75) is 49.5 Å². The van der Waals surface area contributed by atoms with E-state index in [2.05, 4.69) is 9.88 Å². The summed E-state index contributed by atoms with van der Waals surface area (Å²) < 4.78 is 96.1. The Morgan fingerprint density at radius 2 is 1.47 bits per heavy atom. The number of aromatic nitrogens is 1. The third-order valence-corrected chi connectivity index (χ3v) is 8.20. The molecule has 1 aromatic heterocycles. The molecule has 2 atom stereocenters. The number of carboxylic acids is 2. The van der Waals surface area contributed by atoms with Gasteiger partial charge in [0.25, 0.3) is 0 Å². The summed E-state index contributed by atoms with van der Waals surface area (Å²) in [6.45, 7) is 4.62. The van der Waals surface area contributed by atoms with E-state index in [1.165, 1.54) is 5.56 Å². The molecule has 4 rings (SSSR count). The van der Waals surface area contributed by atoms with Crippen molar-refractivity contribution < 1.29 is 59.3 Å². The first-order valence-corrected chi connectivity index (χ1v) is 12.8. The Bertz CT molecular complexity index is 1010.